The molecule has 0 aromatic carbocycles. The molecule has 0 spiro atoms. The number of anilines is 1. The minimum absolute atomic E-state index is 0.317. The van der Waals surface area contributed by atoms with Gasteiger partial charge in [-0.3, -0.25) is 4.79 Å². The second-order valence-electron chi connectivity index (χ2n) is 7.85. The van der Waals surface area contributed by atoms with Gasteiger partial charge in [-0.05, 0) is 44.4 Å². The fraction of sp³-hybridized carbons (Fsp3) is 0.737. The lowest BCUT2D eigenvalue weighted by Gasteiger charge is -2.36. The number of nitrogens with zero attached hydrogens (tertiary/aromatic N) is 4. The Labute approximate surface area is 144 Å². The summed E-state index contributed by atoms with van der Waals surface area (Å²) in [6.45, 7) is 2.99. The zero-order valence-electron chi connectivity index (χ0n) is 14.7. The molecule has 4 rings (SSSR count). The van der Waals surface area contributed by atoms with E-state index in [-0.39, 0.29) is 0 Å². The number of hydrogen-bond acceptors (Lipinski definition) is 4. The smallest absolute Gasteiger partial charge is 0.225 e. The standard InChI is InChI=1S/C19H28N4O/c1-22(19(24)16-3-2-4-16)12-14-7-9-23(10-8-14)18-11-17(15-5-6-15)20-13-21-18/h11,13-16H,2-10,12H2,1H3. The van der Waals surface area contributed by atoms with E-state index in [9.17, 15) is 4.79 Å². The Morgan fingerprint density at radius 3 is 2.54 bits per heavy atom. The van der Waals surface area contributed by atoms with Crippen LogP contribution in [0, 0.1) is 11.8 Å². The number of aromatic nitrogens is 2. The highest BCUT2D eigenvalue weighted by molar-refractivity contribution is 5.79. The summed E-state index contributed by atoms with van der Waals surface area (Å²) in [6.07, 6.45) is 9.98. The molecule has 1 amide bonds. The highest BCUT2D eigenvalue weighted by Gasteiger charge is 2.30. The van der Waals surface area contributed by atoms with Crippen LogP contribution < -0.4 is 4.90 Å². The van der Waals surface area contributed by atoms with Gasteiger partial charge >= 0.3 is 0 Å². The number of carbonyl (C=O) groups is 1. The molecule has 3 fully saturated rings. The van der Waals surface area contributed by atoms with Crippen LogP contribution in [0.1, 0.15) is 56.6 Å². The third-order valence-corrected chi connectivity index (χ3v) is 5.97. The van der Waals surface area contributed by atoms with Gasteiger partial charge < -0.3 is 9.80 Å². The van der Waals surface area contributed by atoms with Crippen molar-refractivity contribution >= 4 is 11.7 Å². The van der Waals surface area contributed by atoms with Gasteiger partial charge in [0, 0.05) is 50.3 Å². The van der Waals surface area contributed by atoms with Crippen LogP contribution in [0.5, 0.6) is 0 Å². The van der Waals surface area contributed by atoms with Crippen LogP contribution in [0.15, 0.2) is 12.4 Å². The summed E-state index contributed by atoms with van der Waals surface area (Å²) < 4.78 is 0. The Bertz CT molecular complexity index is 589. The van der Waals surface area contributed by atoms with E-state index in [1.165, 1.54) is 25.0 Å². The molecule has 130 valence electrons. The lowest BCUT2D eigenvalue weighted by Crippen LogP contribution is -2.42. The normalized spacial score (nSPS) is 22.3. The molecular weight excluding hydrogens is 300 g/mol. The second kappa shape index (κ2) is 6.69. The maximum absolute atomic E-state index is 12.3. The van der Waals surface area contributed by atoms with Crippen molar-refractivity contribution in [1.82, 2.24) is 14.9 Å². The maximum Gasteiger partial charge on any atom is 0.225 e. The zero-order valence-corrected chi connectivity index (χ0v) is 14.7. The topological polar surface area (TPSA) is 49.3 Å². The summed E-state index contributed by atoms with van der Waals surface area (Å²) in [5.41, 5.74) is 1.22. The molecule has 1 saturated heterocycles. The van der Waals surface area contributed by atoms with Gasteiger partial charge in [-0.25, -0.2) is 9.97 Å². The Balaban J connectivity index is 1.28. The van der Waals surface area contributed by atoms with Crippen molar-refractivity contribution in [2.75, 3.05) is 31.6 Å². The molecular formula is C19H28N4O. The molecule has 5 nitrogen and oxygen atoms in total. The lowest BCUT2D eigenvalue weighted by atomic mass is 9.84. The molecule has 2 heterocycles. The first-order valence-electron chi connectivity index (χ1n) is 9.52. The summed E-state index contributed by atoms with van der Waals surface area (Å²) in [4.78, 5) is 25.6. The fourth-order valence-electron chi connectivity index (χ4n) is 3.93. The van der Waals surface area contributed by atoms with Gasteiger partial charge in [0.05, 0.1) is 0 Å². The first-order valence-corrected chi connectivity index (χ1v) is 9.52. The Hall–Kier alpha value is -1.65. The molecule has 1 aromatic heterocycles. The van der Waals surface area contributed by atoms with E-state index >= 15 is 0 Å². The third-order valence-electron chi connectivity index (χ3n) is 5.97. The van der Waals surface area contributed by atoms with Crippen molar-refractivity contribution in [2.45, 2.75) is 50.9 Å². The molecule has 0 bridgehead atoms. The Kier molecular flexibility index (Phi) is 4.42. The van der Waals surface area contributed by atoms with Gasteiger partial charge in [-0.15, -0.1) is 0 Å². The lowest BCUT2D eigenvalue weighted by molar-refractivity contribution is -0.137. The predicted octanol–water partition coefficient (Wildman–Crippen LogP) is 2.83. The van der Waals surface area contributed by atoms with Crippen molar-refractivity contribution in [1.29, 1.82) is 0 Å². The number of piperidine rings is 1. The van der Waals surface area contributed by atoms with Gasteiger partial charge in [0.15, 0.2) is 0 Å². The molecule has 24 heavy (non-hydrogen) atoms. The Morgan fingerprint density at radius 2 is 1.92 bits per heavy atom. The summed E-state index contributed by atoms with van der Waals surface area (Å²) in [7, 11) is 1.99. The molecule has 5 heteroatoms. The quantitative estimate of drug-likeness (QED) is 0.834. The highest BCUT2D eigenvalue weighted by atomic mass is 16.2. The van der Waals surface area contributed by atoms with E-state index in [4.69, 9.17) is 0 Å². The minimum Gasteiger partial charge on any atom is -0.356 e. The fourth-order valence-corrected chi connectivity index (χ4v) is 3.93. The van der Waals surface area contributed by atoms with E-state index in [1.54, 1.807) is 6.33 Å². The van der Waals surface area contributed by atoms with Gasteiger partial charge in [-0.1, -0.05) is 6.42 Å². The first-order chi connectivity index (χ1) is 11.7. The highest BCUT2D eigenvalue weighted by Crippen LogP contribution is 2.39. The molecule has 0 atom stereocenters. The second-order valence-corrected chi connectivity index (χ2v) is 7.85. The van der Waals surface area contributed by atoms with Crippen molar-refractivity contribution < 1.29 is 4.79 Å². The van der Waals surface area contributed by atoms with Crippen molar-refractivity contribution in [3.05, 3.63) is 18.1 Å². The molecule has 3 aliphatic rings. The van der Waals surface area contributed by atoms with Crippen molar-refractivity contribution in [2.24, 2.45) is 11.8 Å². The molecule has 0 unspecified atom stereocenters. The molecule has 0 radical (unpaired) electrons. The molecule has 2 aliphatic carbocycles. The minimum atomic E-state index is 0.317. The monoisotopic (exact) mass is 328 g/mol. The summed E-state index contributed by atoms with van der Waals surface area (Å²) in [6, 6.07) is 2.18. The van der Waals surface area contributed by atoms with Crippen molar-refractivity contribution in [3.63, 3.8) is 0 Å². The van der Waals surface area contributed by atoms with Gasteiger partial charge in [0.1, 0.15) is 12.1 Å². The van der Waals surface area contributed by atoms with Crippen LogP contribution in [0.25, 0.3) is 0 Å². The number of hydrogen-bond donors (Lipinski definition) is 0. The Morgan fingerprint density at radius 1 is 1.17 bits per heavy atom. The number of carbonyl (C=O) groups excluding carboxylic acids is 1. The van der Waals surface area contributed by atoms with Crippen LogP contribution >= 0.6 is 0 Å². The van der Waals surface area contributed by atoms with Gasteiger partial charge in [0.2, 0.25) is 5.91 Å². The van der Waals surface area contributed by atoms with Crippen LogP contribution in [0.4, 0.5) is 5.82 Å². The van der Waals surface area contributed by atoms with E-state index in [2.05, 4.69) is 20.9 Å². The summed E-state index contributed by atoms with van der Waals surface area (Å²) in [5.74, 6) is 3.07. The third kappa shape index (κ3) is 3.40. The van der Waals surface area contributed by atoms with E-state index < -0.39 is 0 Å². The average Bonchev–Trinajstić information content (AvgIpc) is 3.39. The average molecular weight is 328 g/mol. The first kappa shape index (κ1) is 15.9. The van der Waals surface area contributed by atoms with Crippen LogP contribution in [0.3, 0.4) is 0 Å². The van der Waals surface area contributed by atoms with Crippen LogP contribution in [-0.2, 0) is 4.79 Å². The predicted molar refractivity (Wildman–Crippen MR) is 93.9 cm³/mol. The van der Waals surface area contributed by atoms with Gasteiger partial charge in [-0.2, -0.15) is 0 Å². The molecule has 1 aromatic rings. The van der Waals surface area contributed by atoms with Crippen LogP contribution in [0.2, 0.25) is 0 Å². The number of rotatable bonds is 5. The van der Waals surface area contributed by atoms with E-state index in [1.807, 2.05) is 11.9 Å². The van der Waals surface area contributed by atoms with Crippen molar-refractivity contribution in [3.8, 4) is 0 Å². The maximum atomic E-state index is 12.3. The largest absolute Gasteiger partial charge is 0.356 e. The molecule has 2 saturated carbocycles. The van der Waals surface area contributed by atoms with Crippen LogP contribution in [-0.4, -0.2) is 47.5 Å². The van der Waals surface area contributed by atoms with E-state index in [0.717, 1.165) is 51.1 Å². The molecule has 1 aliphatic heterocycles. The summed E-state index contributed by atoms with van der Waals surface area (Å²) >= 11 is 0. The summed E-state index contributed by atoms with van der Waals surface area (Å²) in [5, 5.41) is 0. The van der Waals surface area contributed by atoms with E-state index in [0.29, 0.717) is 23.7 Å². The zero-order chi connectivity index (χ0) is 16.5. The van der Waals surface area contributed by atoms with Gasteiger partial charge in [0.25, 0.3) is 0 Å². The number of amides is 1. The SMILES string of the molecule is CN(CC1CCN(c2cc(C3CC3)ncn2)CC1)C(=O)C1CCC1. The molecule has 0 N–H and O–H groups in total.